The fraction of sp³-hybridized carbons (Fsp3) is 0.435. The number of aryl methyl sites for hydroxylation is 1. The Hall–Kier alpha value is -2.89. The number of carbonyl (C=O) groups excluding carboxylic acids is 1. The molecule has 2 aliphatic heterocycles. The smallest absolute Gasteiger partial charge is 0.222 e. The predicted octanol–water partition coefficient (Wildman–Crippen LogP) is 3.14. The highest BCUT2D eigenvalue weighted by atomic mass is 16.6. The minimum Gasteiger partial charge on any atom is -0.497 e. The summed E-state index contributed by atoms with van der Waals surface area (Å²) < 4.78 is 16.4. The summed E-state index contributed by atoms with van der Waals surface area (Å²) >= 11 is 0. The molecule has 0 bridgehead atoms. The van der Waals surface area contributed by atoms with Crippen molar-refractivity contribution >= 4 is 11.6 Å². The van der Waals surface area contributed by atoms with Crippen molar-refractivity contribution in [2.75, 3.05) is 51.4 Å². The summed E-state index contributed by atoms with van der Waals surface area (Å²) in [6.07, 6.45) is 2.29. The van der Waals surface area contributed by atoms with E-state index in [1.54, 1.807) is 7.11 Å². The van der Waals surface area contributed by atoms with Gasteiger partial charge in [0.15, 0.2) is 11.5 Å². The number of benzene rings is 2. The molecule has 1 fully saturated rings. The molecule has 0 N–H and O–H groups in total. The fourth-order valence-electron chi connectivity index (χ4n) is 3.85. The van der Waals surface area contributed by atoms with E-state index in [-0.39, 0.29) is 5.91 Å². The molecule has 6 heteroatoms. The highest BCUT2D eigenvalue weighted by Gasteiger charge is 2.21. The average Bonchev–Trinajstić information content (AvgIpc) is 2.79. The number of rotatable bonds is 6. The summed E-state index contributed by atoms with van der Waals surface area (Å²) in [5.41, 5.74) is 2.36. The van der Waals surface area contributed by atoms with Crippen LogP contribution in [0.3, 0.4) is 0 Å². The third kappa shape index (κ3) is 4.75. The average molecular weight is 396 g/mol. The standard InChI is InChI=1S/C23H28N2O4/c1-27-20-8-6-19(7-9-20)24-11-13-25(14-12-24)23(26)4-2-3-18-5-10-21-22(17-18)29-16-15-28-21/h5-10,17H,2-4,11-16H2,1H3. The second-order valence-corrected chi connectivity index (χ2v) is 7.40. The number of methoxy groups -OCH3 is 1. The van der Waals surface area contributed by atoms with E-state index >= 15 is 0 Å². The second kappa shape index (κ2) is 9.07. The number of amides is 1. The molecule has 1 saturated heterocycles. The lowest BCUT2D eigenvalue weighted by Crippen LogP contribution is -2.48. The Balaban J connectivity index is 1.21. The van der Waals surface area contributed by atoms with Crippen molar-refractivity contribution in [3.8, 4) is 17.2 Å². The highest BCUT2D eigenvalue weighted by Crippen LogP contribution is 2.31. The SMILES string of the molecule is COc1ccc(N2CCN(C(=O)CCCc3ccc4c(c3)OCCO4)CC2)cc1. The lowest BCUT2D eigenvalue weighted by Gasteiger charge is -2.36. The Kier molecular flexibility index (Phi) is 6.08. The van der Waals surface area contributed by atoms with Gasteiger partial charge in [0.05, 0.1) is 7.11 Å². The maximum absolute atomic E-state index is 12.6. The van der Waals surface area contributed by atoms with Gasteiger partial charge in [0, 0.05) is 38.3 Å². The zero-order valence-electron chi connectivity index (χ0n) is 16.9. The van der Waals surface area contributed by atoms with Crippen LogP contribution in [0.15, 0.2) is 42.5 Å². The Morgan fingerprint density at radius 1 is 0.966 bits per heavy atom. The van der Waals surface area contributed by atoms with E-state index in [2.05, 4.69) is 23.1 Å². The normalized spacial score (nSPS) is 15.9. The Bertz CT molecular complexity index is 829. The van der Waals surface area contributed by atoms with Crippen molar-refractivity contribution in [2.45, 2.75) is 19.3 Å². The molecule has 0 aromatic heterocycles. The zero-order valence-corrected chi connectivity index (χ0v) is 16.9. The third-order valence-electron chi connectivity index (χ3n) is 5.53. The Morgan fingerprint density at radius 3 is 2.41 bits per heavy atom. The molecule has 0 atom stereocenters. The van der Waals surface area contributed by atoms with Gasteiger partial charge in [-0.3, -0.25) is 4.79 Å². The zero-order chi connectivity index (χ0) is 20.1. The summed E-state index contributed by atoms with van der Waals surface area (Å²) in [5.74, 6) is 2.73. The third-order valence-corrected chi connectivity index (χ3v) is 5.53. The number of anilines is 1. The number of hydrogen-bond donors (Lipinski definition) is 0. The summed E-state index contributed by atoms with van der Waals surface area (Å²) in [4.78, 5) is 16.9. The molecule has 0 unspecified atom stereocenters. The van der Waals surface area contributed by atoms with Crippen LogP contribution < -0.4 is 19.1 Å². The molecule has 2 aliphatic rings. The van der Waals surface area contributed by atoms with Crippen molar-refractivity contribution in [1.29, 1.82) is 0 Å². The van der Waals surface area contributed by atoms with E-state index in [0.717, 1.165) is 56.3 Å². The fourth-order valence-corrected chi connectivity index (χ4v) is 3.85. The molecule has 154 valence electrons. The van der Waals surface area contributed by atoms with E-state index in [0.29, 0.717) is 19.6 Å². The molecule has 2 aromatic rings. The first-order chi connectivity index (χ1) is 14.2. The predicted molar refractivity (Wildman–Crippen MR) is 112 cm³/mol. The molecule has 2 heterocycles. The maximum atomic E-state index is 12.6. The van der Waals surface area contributed by atoms with Crippen LogP contribution in [0.25, 0.3) is 0 Å². The molecular weight excluding hydrogens is 368 g/mol. The number of ether oxygens (including phenoxy) is 3. The molecular formula is C23H28N2O4. The van der Waals surface area contributed by atoms with Crippen LogP contribution in [0.5, 0.6) is 17.2 Å². The van der Waals surface area contributed by atoms with Crippen LogP contribution in [0.1, 0.15) is 18.4 Å². The number of carbonyl (C=O) groups is 1. The first-order valence-electron chi connectivity index (χ1n) is 10.3. The molecule has 0 radical (unpaired) electrons. The van der Waals surface area contributed by atoms with Crippen molar-refractivity contribution in [1.82, 2.24) is 4.90 Å². The van der Waals surface area contributed by atoms with E-state index in [1.165, 1.54) is 11.3 Å². The molecule has 0 aliphatic carbocycles. The van der Waals surface area contributed by atoms with E-state index in [1.807, 2.05) is 29.2 Å². The minimum atomic E-state index is 0.247. The molecule has 29 heavy (non-hydrogen) atoms. The molecule has 4 rings (SSSR count). The molecule has 2 aromatic carbocycles. The van der Waals surface area contributed by atoms with Gasteiger partial charge in [0.1, 0.15) is 19.0 Å². The highest BCUT2D eigenvalue weighted by molar-refractivity contribution is 5.76. The summed E-state index contributed by atoms with van der Waals surface area (Å²) in [7, 11) is 1.67. The van der Waals surface area contributed by atoms with Gasteiger partial charge < -0.3 is 24.0 Å². The van der Waals surface area contributed by atoms with Gasteiger partial charge in [-0.2, -0.15) is 0 Å². The second-order valence-electron chi connectivity index (χ2n) is 7.40. The van der Waals surface area contributed by atoms with Gasteiger partial charge in [0.25, 0.3) is 0 Å². The number of piperazine rings is 1. The Labute approximate surface area is 172 Å². The van der Waals surface area contributed by atoms with Crippen molar-refractivity contribution in [3.05, 3.63) is 48.0 Å². The van der Waals surface area contributed by atoms with Gasteiger partial charge in [0.2, 0.25) is 5.91 Å². The minimum absolute atomic E-state index is 0.247. The largest absolute Gasteiger partial charge is 0.497 e. The number of fused-ring (bicyclic) bond motifs is 1. The van der Waals surface area contributed by atoms with Crippen LogP contribution in [0, 0.1) is 0 Å². The van der Waals surface area contributed by atoms with Crippen LogP contribution in [-0.2, 0) is 11.2 Å². The molecule has 0 saturated carbocycles. The summed E-state index contributed by atoms with van der Waals surface area (Å²) in [5, 5.41) is 0. The van der Waals surface area contributed by atoms with E-state index in [9.17, 15) is 4.79 Å². The topological polar surface area (TPSA) is 51.2 Å². The van der Waals surface area contributed by atoms with Gasteiger partial charge >= 0.3 is 0 Å². The van der Waals surface area contributed by atoms with E-state index in [4.69, 9.17) is 14.2 Å². The van der Waals surface area contributed by atoms with Crippen molar-refractivity contribution in [3.63, 3.8) is 0 Å². The van der Waals surface area contributed by atoms with Crippen molar-refractivity contribution < 1.29 is 19.0 Å². The Morgan fingerprint density at radius 2 is 1.69 bits per heavy atom. The number of hydrogen-bond acceptors (Lipinski definition) is 5. The molecule has 6 nitrogen and oxygen atoms in total. The lowest BCUT2D eigenvalue weighted by molar-refractivity contribution is -0.131. The molecule has 1 amide bonds. The van der Waals surface area contributed by atoms with Gasteiger partial charge in [-0.15, -0.1) is 0 Å². The van der Waals surface area contributed by atoms with E-state index < -0.39 is 0 Å². The van der Waals surface area contributed by atoms with Crippen LogP contribution in [-0.4, -0.2) is 57.3 Å². The van der Waals surface area contributed by atoms with Crippen LogP contribution in [0.2, 0.25) is 0 Å². The molecule has 0 spiro atoms. The summed E-state index contributed by atoms with van der Waals surface area (Å²) in [6, 6.07) is 14.2. The number of nitrogens with zero attached hydrogens (tertiary/aromatic N) is 2. The first-order valence-corrected chi connectivity index (χ1v) is 10.3. The first kappa shape index (κ1) is 19.4. The lowest BCUT2D eigenvalue weighted by atomic mass is 10.1. The monoisotopic (exact) mass is 396 g/mol. The maximum Gasteiger partial charge on any atom is 0.222 e. The van der Waals surface area contributed by atoms with Gasteiger partial charge in [-0.25, -0.2) is 0 Å². The van der Waals surface area contributed by atoms with Crippen molar-refractivity contribution in [2.24, 2.45) is 0 Å². The van der Waals surface area contributed by atoms with Crippen LogP contribution >= 0.6 is 0 Å². The van der Waals surface area contributed by atoms with Crippen LogP contribution in [0.4, 0.5) is 5.69 Å². The summed E-state index contributed by atoms with van der Waals surface area (Å²) in [6.45, 7) is 4.47. The quantitative estimate of drug-likeness (QED) is 0.751. The van der Waals surface area contributed by atoms with Gasteiger partial charge in [-0.05, 0) is 54.8 Å². The van der Waals surface area contributed by atoms with Gasteiger partial charge in [-0.1, -0.05) is 6.07 Å².